The van der Waals surface area contributed by atoms with Crippen molar-refractivity contribution in [1.29, 1.82) is 0 Å². The molecule has 0 fully saturated rings. The molecule has 0 saturated carbocycles. The summed E-state index contributed by atoms with van der Waals surface area (Å²) in [5.74, 6) is -1.29. The van der Waals surface area contributed by atoms with Crippen LogP contribution < -0.4 is 5.32 Å². The summed E-state index contributed by atoms with van der Waals surface area (Å²) in [6.45, 7) is 2.07. The summed E-state index contributed by atoms with van der Waals surface area (Å²) in [6, 6.07) is 3.50. The Balaban J connectivity index is 2.60. The van der Waals surface area contributed by atoms with Crippen molar-refractivity contribution >= 4 is 11.6 Å². The fourth-order valence-corrected chi connectivity index (χ4v) is 0.986. The lowest BCUT2D eigenvalue weighted by atomic mass is 10.3. The van der Waals surface area contributed by atoms with Crippen LogP contribution in [0.1, 0.15) is 6.92 Å². The van der Waals surface area contributed by atoms with Gasteiger partial charge in [0.05, 0.1) is 5.69 Å². The first kappa shape index (κ1) is 11.5. The fraction of sp³-hybridized carbons (Fsp3) is 0.300. The number of phenols is 1. The number of carbonyl (C=O) groups excluding carboxylic acids is 1. The third-order valence-corrected chi connectivity index (χ3v) is 1.66. The third-order valence-electron chi connectivity index (χ3n) is 1.66. The van der Waals surface area contributed by atoms with E-state index in [9.17, 15) is 9.18 Å². The molecule has 2 N–H and O–H groups in total. The SMILES string of the molecule is CCOCC(=O)Nc1ccc(O)cc1F. The zero-order chi connectivity index (χ0) is 11.3. The molecule has 82 valence electrons. The Bertz CT molecular complexity index is 355. The van der Waals surface area contributed by atoms with Crippen molar-refractivity contribution in [3.05, 3.63) is 24.0 Å². The molecule has 15 heavy (non-hydrogen) atoms. The average molecular weight is 213 g/mol. The topological polar surface area (TPSA) is 58.6 Å². The lowest BCUT2D eigenvalue weighted by Gasteiger charge is -2.06. The smallest absolute Gasteiger partial charge is 0.250 e. The number of hydrogen-bond acceptors (Lipinski definition) is 3. The van der Waals surface area contributed by atoms with E-state index in [1.807, 2.05) is 0 Å². The van der Waals surface area contributed by atoms with E-state index in [1.165, 1.54) is 12.1 Å². The maximum absolute atomic E-state index is 13.1. The molecular formula is C10H12FNO3. The molecule has 0 saturated heterocycles. The minimum absolute atomic E-state index is 0.0255. The number of amides is 1. The molecule has 1 amide bonds. The van der Waals surface area contributed by atoms with E-state index >= 15 is 0 Å². The van der Waals surface area contributed by atoms with Crippen LogP contribution in [0.5, 0.6) is 5.75 Å². The number of hydrogen-bond donors (Lipinski definition) is 2. The second kappa shape index (κ2) is 5.31. The van der Waals surface area contributed by atoms with Crippen molar-refractivity contribution in [3.63, 3.8) is 0 Å². The van der Waals surface area contributed by atoms with Crippen LogP contribution in [0.3, 0.4) is 0 Å². The molecule has 5 heteroatoms. The quantitative estimate of drug-likeness (QED) is 0.745. The van der Waals surface area contributed by atoms with Gasteiger partial charge in [-0.25, -0.2) is 4.39 Å². The van der Waals surface area contributed by atoms with Crippen molar-refractivity contribution < 1.29 is 19.0 Å². The van der Waals surface area contributed by atoms with Crippen molar-refractivity contribution in [1.82, 2.24) is 0 Å². The fourth-order valence-electron chi connectivity index (χ4n) is 0.986. The van der Waals surface area contributed by atoms with Gasteiger partial charge in [0.1, 0.15) is 18.2 Å². The summed E-state index contributed by atoms with van der Waals surface area (Å²) < 4.78 is 18.0. The van der Waals surface area contributed by atoms with Crippen LogP contribution in [-0.2, 0) is 9.53 Å². The Morgan fingerprint density at radius 1 is 1.60 bits per heavy atom. The van der Waals surface area contributed by atoms with Gasteiger partial charge in [0.25, 0.3) is 0 Å². The Kier molecular flexibility index (Phi) is 4.05. The minimum Gasteiger partial charge on any atom is -0.508 e. The summed E-state index contributed by atoms with van der Waals surface area (Å²) >= 11 is 0. The summed E-state index contributed by atoms with van der Waals surface area (Å²) in [5, 5.41) is 11.3. The first-order valence-corrected chi connectivity index (χ1v) is 4.49. The zero-order valence-electron chi connectivity index (χ0n) is 8.29. The van der Waals surface area contributed by atoms with Gasteiger partial charge in [0.15, 0.2) is 0 Å². The first-order valence-electron chi connectivity index (χ1n) is 4.49. The standard InChI is InChI=1S/C10H12FNO3/c1-2-15-6-10(14)12-9-4-3-7(13)5-8(9)11/h3-5,13H,2,6H2,1H3,(H,12,14). The van der Waals surface area contributed by atoms with Gasteiger partial charge in [-0.15, -0.1) is 0 Å². The number of nitrogens with one attached hydrogen (secondary N) is 1. The van der Waals surface area contributed by atoms with E-state index in [0.717, 1.165) is 6.07 Å². The Hall–Kier alpha value is -1.62. The predicted molar refractivity (Wildman–Crippen MR) is 53.2 cm³/mol. The van der Waals surface area contributed by atoms with E-state index < -0.39 is 11.7 Å². The van der Waals surface area contributed by atoms with Crippen molar-refractivity contribution in [2.45, 2.75) is 6.92 Å². The zero-order valence-corrected chi connectivity index (χ0v) is 8.29. The van der Waals surface area contributed by atoms with Crippen LogP contribution in [0.25, 0.3) is 0 Å². The second-order valence-corrected chi connectivity index (χ2v) is 2.85. The van der Waals surface area contributed by atoms with E-state index in [2.05, 4.69) is 5.32 Å². The lowest BCUT2D eigenvalue weighted by molar-refractivity contribution is -0.120. The highest BCUT2D eigenvalue weighted by Crippen LogP contribution is 2.19. The van der Waals surface area contributed by atoms with Crippen LogP contribution in [0, 0.1) is 5.82 Å². The molecule has 0 aliphatic carbocycles. The van der Waals surface area contributed by atoms with Gasteiger partial charge in [0, 0.05) is 12.7 Å². The predicted octanol–water partition coefficient (Wildman–Crippen LogP) is 1.51. The van der Waals surface area contributed by atoms with Gasteiger partial charge in [-0.2, -0.15) is 0 Å². The average Bonchev–Trinajstić information content (AvgIpc) is 2.19. The van der Waals surface area contributed by atoms with Gasteiger partial charge in [-0.05, 0) is 19.1 Å². The van der Waals surface area contributed by atoms with Crippen LogP contribution in [0.15, 0.2) is 18.2 Å². The van der Waals surface area contributed by atoms with Gasteiger partial charge in [-0.3, -0.25) is 4.79 Å². The molecule has 0 aromatic heterocycles. The normalized spacial score (nSPS) is 10.0. The Labute approximate surface area is 86.7 Å². The monoisotopic (exact) mass is 213 g/mol. The largest absolute Gasteiger partial charge is 0.508 e. The van der Waals surface area contributed by atoms with Crippen LogP contribution in [0.2, 0.25) is 0 Å². The van der Waals surface area contributed by atoms with Crippen LogP contribution in [0.4, 0.5) is 10.1 Å². The molecule has 0 aliphatic rings. The van der Waals surface area contributed by atoms with Crippen LogP contribution >= 0.6 is 0 Å². The van der Waals surface area contributed by atoms with E-state index in [1.54, 1.807) is 6.92 Å². The van der Waals surface area contributed by atoms with Gasteiger partial charge >= 0.3 is 0 Å². The highest BCUT2D eigenvalue weighted by Gasteiger charge is 2.07. The molecule has 0 unspecified atom stereocenters. The number of ether oxygens (including phenoxy) is 1. The third kappa shape index (κ3) is 3.55. The number of carbonyl (C=O) groups is 1. The lowest BCUT2D eigenvalue weighted by Crippen LogP contribution is -2.18. The number of phenolic OH excluding ortho intramolecular Hbond substituents is 1. The Morgan fingerprint density at radius 3 is 2.93 bits per heavy atom. The molecule has 1 aromatic rings. The van der Waals surface area contributed by atoms with E-state index in [0.29, 0.717) is 6.61 Å². The van der Waals surface area contributed by atoms with Gasteiger partial charge in [-0.1, -0.05) is 0 Å². The van der Waals surface area contributed by atoms with Crippen LogP contribution in [-0.4, -0.2) is 24.2 Å². The van der Waals surface area contributed by atoms with Crippen molar-refractivity contribution in [2.24, 2.45) is 0 Å². The Morgan fingerprint density at radius 2 is 2.33 bits per heavy atom. The number of anilines is 1. The highest BCUT2D eigenvalue weighted by molar-refractivity contribution is 5.91. The number of halogens is 1. The number of rotatable bonds is 4. The number of aromatic hydroxyl groups is 1. The molecule has 0 aliphatic heterocycles. The molecular weight excluding hydrogens is 201 g/mol. The minimum atomic E-state index is -0.681. The molecule has 0 bridgehead atoms. The van der Waals surface area contributed by atoms with Gasteiger partial charge < -0.3 is 15.2 Å². The summed E-state index contributed by atoms with van der Waals surface area (Å²) in [5.41, 5.74) is 0.0255. The maximum Gasteiger partial charge on any atom is 0.250 e. The maximum atomic E-state index is 13.1. The molecule has 4 nitrogen and oxygen atoms in total. The van der Waals surface area contributed by atoms with Crippen molar-refractivity contribution in [2.75, 3.05) is 18.5 Å². The molecule has 0 radical (unpaired) electrons. The number of benzene rings is 1. The van der Waals surface area contributed by atoms with E-state index in [4.69, 9.17) is 9.84 Å². The molecule has 1 aromatic carbocycles. The first-order chi connectivity index (χ1) is 7.13. The molecule has 0 atom stereocenters. The van der Waals surface area contributed by atoms with E-state index in [-0.39, 0.29) is 18.0 Å². The highest BCUT2D eigenvalue weighted by atomic mass is 19.1. The summed E-state index contributed by atoms with van der Waals surface area (Å²) in [6.07, 6.45) is 0. The molecule has 0 heterocycles. The summed E-state index contributed by atoms with van der Waals surface area (Å²) in [7, 11) is 0. The van der Waals surface area contributed by atoms with Crippen molar-refractivity contribution in [3.8, 4) is 5.75 Å². The molecule has 1 rings (SSSR count). The second-order valence-electron chi connectivity index (χ2n) is 2.85. The molecule has 0 spiro atoms. The summed E-state index contributed by atoms with van der Waals surface area (Å²) in [4.78, 5) is 11.1. The van der Waals surface area contributed by atoms with Gasteiger partial charge in [0.2, 0.25) is 5.91 Å².